The van der Waals surface area contributed by atoms with Gasteiger partial charge in [0.15, 0.2) is 0 Å². The molecule has 1 aliphatic rings. The van der Waals surface area contributed by atoms with Crippen molar-refractivity contribution >= 4 is 16.0 Å². The smallest absolute Gasteiger partial charge is 0.339 e. The SMILES string of the molecule is COC(=O)c1ccccc1S(=O)(=O)N1C(C)CNCC1C. The van der Waals surface area contributed by atoms with Crippen molar-refractivity contribution in [1.29, 1.82) is 0 Å². The molecule has 0 bridgehead atoms. The van der Waals surface area contributed by atoms with Gasteiger partial charge in [0.25, 0.3) is 0 Å². The lowest BCUT2D eigenvalue weighted by Crippen LogP contribution is -2.57. The Morgan fingerprint density at radius 1 is 1.24 bits per heavy atom. The van der Waals surface area contributed by atoms with Crippen LogP contribution in [0.15, 0.2) is 29.2 Å². The van der Waals surface area contributed by atoms with E-state index in [1.165, 1.54) is 23.5 Å². The monoisotopic (exact) mass is 312 g/mol. The summed E-state index contributed by atoms with van der Waals surface area (Å²) in [6, 6.07) is 5.79. The lowest BCUT2D eigenvalue weighted by atomic mass is 10.2. The molecule has 0 spiro atoms. The molecular weight excluding hydrogens is 292 g/mol. The maximum Gasteiger partial charge on any atom is 0.339 e. The van der Waals surface area contributed by atoms with E-state index in [9.17, 15) is 13.2 Å². The average molecular weight is 312 g/mol. The van der Waals surface area contributed by atoms with Crippen molar-refractivity contribution < 1.29 is 17.9 Å². The molecule has 2 rings (SSSR count). The molecule has 0 aliphatic carbocycles. The Hall–Kier alpha value is -1.44. The second-order valence-electron chi connectivity index (χ2n) is 5.18. The number of nitrogens with one attached hydrogen (secondary N) is 1. The highest BCUT2D eigenvalue weighted by molar-refractivity contribution is 7.89. The van der Waals surface area contributed by atoms with E-state index in [0.717, 1.165) is 0 Å². The van der Waals surface area contributed by atoms with Crippen LogP contribution >= 0.6 is 0 Å². The lowest BCUT2D eigenvalue weighted by Gasteiger charge is -2.38. The number of ether oxygens (including phenoxy) is 1. The number of hydrogen-bond acceptors (Lipinski definition) is 5. The second kappa shape index (κ2) is 6.13. The van der Waals surface area contributed by atoms with E-state index < -0.39 is 16.0 Å². The molecule has 1 saturated heterocycles. The highest BCUT2D eigenvalue weighted by Gasteiger charge is 2.37. The van der Waals surface area contributed by atoms with Crippen molar-refractivity contribution in [2.75, 3.05) is 20.2 Å². The molecule has 0 saturated carbocycles. The van der Waals surface area contributed by atoms with E-state index in [1.54, 1.807) is 12.1 Å². The van der Waals surface area contributed by atoms with Gasteiger partial charge in [-0.3, -0.25) is 0 Å². The van der Waals surface area contributed by atoms with Crippen LogP contribution in [0.4, 0.5) is 0 Å². The Balaban J connectivity index is 2.51. The van der Waals surface area contributed by atoms with Crippen LogP contribution in [0.1, 0.15) is 24.2 Å². The fraction of sp³-hybridized carbons (Fsp3) is 0.500. The summed E-state index contributed by atoms with van der Waals surface area (Å²) in [6.07, 6.45) is 0. The van der Waals surface area contributed by atoms with Crippen LogP contribution in [0.2, 0.25) is 0 Å². The summed E-state index contributed by atoms with van der Waals surface area (Å²) in [7, 11) is -2.52. The number of carbonyl (C=O) groups is 1. The Kier molecular flexibility index (Phi) is 4.65. The normalized spacial score (nSPS) is 23.8. The molecular formula is C14H20N2O4S. The van der Waals surface area contributed by atoms with Crippen LogP contribution in [-0.2, 0) is 14.8 Å². The Labute approximate surface area is 125 Å². The number of benzene rings is 1. The van der Waals surface area contributed by atoms with Crippen molar-refractivity contribution in [2.24, 2.45) is 0 Å². The van der Waals surface area contributed by atoms with E-state index >= 15 is 0 Å². The first-order valence-electron chi connectivity index (χ1n) is 6.81. The minimum absolute atomic E-state index is 0.00236. The van der Waals surface area contributed by atoms with Gasteiger partial charge in [-0.15, -0.1) is 0 Å². The third-order valence-electron chi connectivity index (χ3n) is 3.60. The van der Waals surface area contributed by atoms with Crippen LogP contribution in [0, 0.1) is 0 Å². The largest absolute Gasteiger partial charge is 0.465 e. The lowest BCUT2D eigenvalue weighted by molar-refractivity contribution is 0.0596. The van der Waals surface area contributed by atoms with Crippen LogP contribution in [-0.4, -0.2) is 51.0 Å². The third kappa shape index (κ3) is 2.95. The number of piperazine rings is 1. The Morgan fingerprint density at radius 3 is 2.38 bits per heavy atom. The first-order valence-corrected chi connectivity index (χ1v) is 8.25. The third-order valence-corrected chi connectivity index (χ3v) is 5.78. The first-order chi connectivity index (χ1) is 9.89. The molecule has 21 heavy (non-hydrogen) atoms. The van der Waals surface area contributed by atoms with Gasteiger partial charge in [-0.2, -0.15) is 4.31 Å². The number of hydrogen-bond donors (Lipinski definition) is 1. The molecule has 116 valence electrons. The quantitative estimate of drug-likeness (QED) is 0.837. The van der Waals surface area contributed by atoms with Gasteiger partial charge in [0.05, 0.1) is 17.6 Å². The molecule has 6 nitrogen and oxygen atoms in total. The van der Waals surface area contributed by atoms with E-state index in [0.29, 0.717) is 13.1 Å². The summed E-state index contributed by atoms with van der Waals surface area (Å²) in [6.45, 7) is 4.87. The van der Waals surface area contributed by atoms with Gasteiger partial charge in [0.1, 0.15) is 0 Å². The van der Waals surface area contributed by atoms with Crippen molar-refractivity contribution in [3.05, 3.63) is 29.8 Å². The summed E-state index contributed by atoms with van der Waals surface area (Å²) in [4.78, 5) is 11.8. The number of nitrogens with zero attached hydrogens (tertiary/aromatic N) is 1. The molecule has 1 heterocycles. The molecule has 2 atom stereocenters. The molecule has 2 unspecified atom stereocenters. The van der Waals surface area contributed by atoms with Gasteiger partial charge in [0, 0.05) is 25.2 Å². The van der Waals surface area contributed by atoms with Crippen molar-refractivity contribution in [2.45, 2.75) is 30.8 Å². The van der Waals surface area contributed by atoms with Gasteiger partial charge in [0.2, 0.25) is 10.0 Å². The van der Waals surface area contributed by atoms with Gasteiger partial charge in [-0.25, -0.2) is 13.2 Å². The minimum Gasteiger partial charge on any atom is -0.465 e. The summed E-state index contributed by atoms with van der Waals surface area (Å²) in [5.74, 6) is -0.649. The molecule has 1 aliphatic heterocycles. The Bertz CT molecular complexity index is 620. The van der Waals surface area contributed by atoms with E-state index in [1.807, 2.05) is 13.8 Å². The maximum atomic E-state index is 12.9. The van der Waals surface area contributed by atoms with Gasteiger partial charge in [-0.1, -0.05) is 12.1 Å². The zero-order valence-corrected chi connectivity index (χ0v) is 13.2. The summed E-state index contributed by atoms with van der Waals surface area (Å²) >= 11 is 0. The van der Waals surface area contributed by atoms with Crippen LogP contribution in [0.5, 0.6) is 0 Å². The predicted octanol–water partition coefficient (Wildman–Crippen LogP) is 0.844. The van der Waals surface area contributed by atoms with Crippen LogP contribution in [0.25, 0.3) is 0 Å². The van der Waals surface area contributed by atoms with Crippen molar-refractivity contribution in [3.63, 3.8) is 0 Å². The second-order valence-corrected chi connectivity index (χ2v) is 6.99. The fourth-order valence-corrected chi connectivity index (χ4v) is 4.68. The highest BCUT2D eigenvalue weighted by atomic mass is 32.2. The summed E-state index contributed by atoms with van der Waals surface area (Å²) in [5, 5.41) is 3.19. The topological polar surface area (TPSA) is 75.7 Å². The number of esters is 1. The van der Waals surface area contributed by atoms with Gasteiger partial charge >= 0.3 is 5.97 Å². The molecule has 0 radical (unpaired) electrons. The summed E-state index contributed by atoms with van der Waals surface area (Å²) < 4.78 is 32.0. The average Bonchev–Trinajstić information content (AvgIpc) is 2.46. The van der Waals surface area contributed by atoms with Crippen molar-refractivity contribution in [1.82, 2.24) is 9.62 Å². The molecule has 0 amide bonds. The number of sulfonamides is 1. The standard InChI is InChI=1S/C14H20N2O4S/c1-10-8-15-9-11(2)16(10)21(18,19)13-7-5-4-6-12(13)14(17)20-3/h4-7,10-11,15H,8-9H2,1-3H3. The molecule has 0 aromatic heterocycles. The first kappa shape index (κ1) is 15.9. The van der Waals surface area contributed by atoms with Crippen LogP contribution < -0.4 is 5.32 Å². The zero-order valence-electron chi connectivity index (χ0n) is 12.4. The van der Waals surface area contributed by atoms with E-state index in [4.69, 9.17) is 0 Å². The Morgan fingerprint density at radius 2 is 1.81 bits per heavy atom. The number of carbonyl (C=O) groups excluding carboxylic acids is 1. The highest BCUT2D eigenvalue weighted by Crippen LogP contribution is 2.25. The van der Waals surface area contributed by atoms with Gasteiger partial charge in [-0.05, 0) is 26.0 Å². The van der Waals surface area contributed by atoms with Crippen molar-refractivity contribution in [3.8, 4) is 0 Å². The predicted molar refractivity (Wildman–Crippen MR) is 78.6 cm³/mol. The zero-order chi connectivity index (χ0) is 15.6. The van der Waals surface area contributed by atoms with E-state index in [2.05, 4.69) is 10.1 Å². The fourth-order valence-electron chi connectivity index (χ4n) is 2.67. The molecule has 1 fully saturated rings. The molecule has 1 N–H and O–H groups in total. The molecule has 1 aromatic carbocycles. The van der Waals surface area contributed by atoms with E-state index in [-0.39, 0.29) is 22.5 Å². The molecule has 7 heteroatoms. The minimum atomic E-state index is -3.75. The maximum absolute atomic E-state index is 12.9. The van der Waals surface area contributed by atoms with Gasteiger partial charge < -0.3 is 10.1 Å². The number of methoxy groups -OCH3 is 1. The summed E-state index contributed by atoms with van der Waals surface area (Å²) in [5.41, 5.74) is 0.0675. The number of rotatable bonds is 3. The molecule has 1 aromatic rings. The van der Waals surface area contributed by atoms with Crippen LogP contribution in [0.3, 0.4) is 0 Å².